The van der Waals surface area contributed by atoms with Gasteiger partial charge in [0, 0.05) is 0 Å². The number of hydrogen-bond donors (Lipinski definition) is 0. The van der Waals surface area contributed by atoms with E-state index >= 15 is 26.3 Å². The Labute approximate surface area is 206 Å². The lowest BCUT2D eigenvalue weighted by molar-refractivity contribution is 0.152. The van der Waals surface area contributed by atoms with Gasteiger partial charge in [0.15, 0.2) is 69.8 Å². The van der Waals surface area contributed by atoms with Crippen LogP contribution in [0.15, 0.2) is 12.5 Å². The molecule has 0 aliphatic carbocycles. The summed E-state index contributed by atoms with van der Waals surface area (Å²) in [6, 6.07) is 0. The molecule has 0 heterocycles. The summed E-state index contributed by atoms with van der Waals surface area (Å²) in [6.45, 7) is 2.77. The minimum atomic E-state index is -7.45. The highest BCUT2D eigenvalue weighted by Crippen LogP contribution is 2.29. The quantitative estimate of drug-likeness (QED) is 0.100. The first-order chi connectivity index (χ1) is 18.0. The normalized spacial score (nSPS) is 11.7. The molecule has 0 N–H and O–H groups in total. The highest BCUT2D eigenvalue weighted by molar-refractivity contribution is 7.07. The van der Waals surface area contributed by atoms with E-state index in [0.29, 0.717) is 7.11 Å². The molecule has 3 aromatic rings. The molecule has 0 fully saturated rings. The van der Waals surface area contributed by atoms with E-state index in [1.54, 1.807) is 0 Å². The fourth-order valence-corrected chi connectivity index (χ4v) is 7.48. The van der Waals surface area contributed by atoms with E-state index in [0.717, 1.165) is 0 Å². The first-order valence-electron chi connectivity index (χ1n) is 9.46. The molecule has 0 aromatic heterocycles. The highest BCUT2D eigenvalue weighted by Gasteiger charge is 2.60. The van der Waals surface area contributed by atoms with Crippen LogP contribution >= 0.6 is 0 Å². The van der Waals surface area contributed by atoms with Crippen molar-refractivity contribution >= 4 is 23.9 Å². The van der Waals surface area contributed by atoms with Crippen molar-refractivity contribution in [3.8, 4) is 0 Å². The van der Waals surface area contributed by atoms with Crippen molar-refractivity contribution in [3.05, 3.63) is 99.8 Å². The number of halogens is 15. The number of hydrogen-bond acceptors (Lipinski definition) is 2. The maximum atomic E-state index is 15.1. The molecule has 0 aliphatic heterocycles. The maximum Gasteiger partial charge on any atom is 0.368 e. The number of methoxy groups -OCH3 is 1. The molecule has 0 bridgehead atoms. The molecule has 0 atom stereocenters. The third kappa shape index (κ3) is 4.07. The average molecular weight is 602 g/mol. The molecule has 2 nitrogen and oxygen atoms in total. The van der Waals surface area contributed by atoms with Crippen LogP contribution in [-0.2, 0) is 9.16 Å². The molecule has 0 unspecified atom stereocenters. The Morgan fingerprint density at radius 1 is 0.410 bits per heavy atom. The second kappa shape index (κ2) is 10.0. The molecule has 0 saturated heterocycles. The summed E-state index contributed by atoms with van der Waals surface area (Å²) in [5, 5.41) is -8.57. The van der Waals surface area contributed by atoms with E-state index in [4.69, 9.17) is 0 Å². The Morgan fingerprint density at radius 3 is 0.769 bits per heavy atom. The standard InChI is InChI=1S/C21H5F15O2Si/c1-3(37-2)38-39(19-13(31)7(25)4(22)8(26)14(19)32,20-15(33)9(27)5(23)10(28)16(20)34)21-17(35)11(29)6(24)12(30)18(21)36/h1H2,2H3. The van der Waals surface area contributed by atoms with Gasteiger partial charge in [-0.05, 0) is 6.58 Å². The van der Waals surface area contributed by atoms with Crippen LogP contribution in [0.2, 0.25) is 0 Å². The third-order valence-corrected chi connectivity index (χ3v) is 9.14. The molecular weight excluding hydrogens is 597 g/mol. The molecule has 39 heavy (non-hydrogen) atoms. The van der Waals surface area contributed by atoms with Crippen LogP contribution in [0.3, 0.4) is 0 Å². The van der Waals surface area contributed by atoms with E-state index in [1.807, 2.05) is 0 Å². The van der Waals surface area contributed by atoms with Crippen LogP contribution in [0.4, 0.5) is 65.9 Å². The lowest BCUT2D eigenvalue weighted by atomic mass is 10.3. The Kier molecular flexibility index (Phi) is 7.66. The summed E-state index contributed by atoms with van der Waals surface area (Å²) in [6.07, 6.45) is 0. The summed E-state index contributed by atoms with van der Waals surface area (Å²) in [7, 11) is -6.96. The maximum absolute atomic E-state index is 15.1. The first kappa shape index (κ1) is 29.7. The van der Waals surface area contributed by atoms with Gasteiger partial charge in [-0.25, -0.2) is 65.9 Å². The van der Waals surface area contributed by atoms with Crippen LogP contribution in [0, 0.1) is 87.3 Å². The molecule has 18 heteroatoms. The molecule has 3 aromatic carbocycles. The number of rotatable bonds is 6. The van der Waals surface area contributed by atoms with Gasteiger partial charge in [-0.15, -0.1) is 0 Å². The third-order valence-electron chi connectivity index (χ3n) is 5.18. The summed E-state index contributed by atoms with van der Waals surface area (Å²) < 4.78 is 226. The van der Waals surface area contributed by atoms with Gasteiger partial charge < -0.3 is 9.16 Å². The number of ether oxygens (including phenoxy) is 1. The van der Waals surface area contributed by atoms with Crippen LogP contribution < -0.4 is 15.6 Å². The van der Waals surface area contributed by atoms with Crippen molar-refractivity contribution in [3.63, 3.8) is 0 Å². The Morgan fingerprint density at radius 2 is 0.590 bits per heavy atom. The summed E-state index contributed by atoms with van der Waals surface area (Å²) >= 11 is 0. The van der Waals surface area contributed by atoms with Gasteiger partial charge in [-0.3, -0.25) is 0 Å². The predicted molar refractivity (Wildman–Crippen MR) is 101 cm³/mol. The van der Waals surface area contributed by atoms with Crippen molar-refractivity contribution in [2.75, 3.05) is 7.11 Å². The zero-order chi connectivity index (χ0) is 29.9. The van der Waals surface area contributed by atoms with Crippen LogP contribution in [0.5, 0.6) is 0 Å². The van der Waals surface area contributed by atoms with Gasteiger partial charge >= 0.3 is 8.32 Å². The van der Waals surface area contributed by atoms with E-state index < -0.39 is 117 Å². The van der Waals surface area contributed by atoms with Crippen molar-refractivity contribution in [1.29, 1.82) is 0 Å². The number of benzene rings is 3. The summed E-state index contributed by atoms with van der Waals surface area (Å²) in [5.74, 6) is -48.6. The second-order valence-corrected chi connectivity index (χ2v) is 10.3. The van der Waals surface area contributed by atoms with Gasteiger partial charge in [0.1, 0.15) is 0 Å². The fourth-order valence-electron chi connectivity index (χ4n) is 3.48. The zero-order valence-electron chi connectivity index (χ0n) is 18.2. The molecule has 210 valence electrons. The van der Waals surface area contributed by atoms with Gasteiger partial charge in [-0.2, -0.15) is 0 Å². The van der Waals surface area contributed by atoms with Crippen LogP contribution in [0.25, 0.3) is 0 Å². The molecular formula is C21H5F15O2Si. The average Bonchev–Trinajstić information content (AvgIpc) is 2.90. The fraction of sp³-hybridized carbons (Fsp3) is 0.0476. The lowest BCUT2D eigenvalue weighted by Crippen LogP contribution is -2.75. The Hall–Kier alpha value is -3.83. The second-order valence-electron chi connectivity index (χ2n) is 7.19. The molecule has 0 aliphatic rings. The van der Waals surface area contributed by atoms with Gasteiger partial charge in [0.25, 0.3) is 5.95 Å². The van der Waals surface area contributed by atoms with Crippen LogP contribution in [-0.4, -0.2) is 15.4 Å². The predicted octanol–water partition coefficient (Wildman–Crippen LogP) is 4.87. The monoisotopic (exact) mass is 602 g/mol. The zero-order valence-corrected chi connectivity index (χ0v) is 19.2. The summed E-state index contributed by atoms with van der Waals surface area (Å²) in [5.41, 5.74) is 0. The molecule has 3 rings (SSSR count). The van der Waals surface area contributed by atoms with Gasteiger partial charge in [-0.1, -0.05) is 0 Å². The topological polar surface area (TPSA) is 18.5 Å². The van der Waals surface area contributed by atoms with Gasteiger partial charge in [0.05, 0.1) is 22.7 Å². The highest BCUT2D eigenvalue weighted by atomic mass is 28.4. The van der Waals surface area contributed by atoms with E-state index in [1.165, 1.54) is 0 Å². The summed E-state index contributed by atoms with van der Waals surface area (Å²) in [4.78, 5) is 0. The van der Waals surface area contributed by atoms with Crippen molar-refractivity contribution < 1.29 is 75.0 Å². The molecule has 0 saturated carbocycles. The van der Waals surface area contributed by atoms with E-state index in [-0.39, 0.29) is 0 Å². The largest absolute Gasteiger partial charge is 0.505 e. The first-order valence-corrected chi connectivity index (χ1v) is 11.4. The Balaban J connectivity index is 2.91. The Bertz CT molecular complexity index is 1300. The van der Waals surface area contributed by atoms with Crippen molar-refractivity contribution in [2.24, 2.45) is 0 Å². The van der Waals surface area contributed by atoms with Crippen molar-refractivity contribution in [1.82, 2.24) is 0 Å². The molecule has 0 radical (unpaired) electrons. The van der Waals surface area contributed by atoms with Gasteiger partial charge in [0.2, 0.25) is 17.5 Å². The minimum Gasteiger partial charge on any atom is -0.505 e. The smallest absolute Gasteiger partial charge is 0.368 e. The van der Waals surface area contributed by atoms with Crippen molar-refractivity contribution in [2.45, 2.75) is 0 Å². The van der Waals surface area contributed by atoms with Crippen LogP contribution in [0.1, 0.15) is 0 Å². The minimum absolute atomic E-state index is 0.483. The SMILES string of the molecule is C=C(OC)O[Si](c1c(F)c(F)c(F)c(F)c1F)(c1c(F)c(F)c(F)c(F)c1F)c1c(F)c(F)c(F)c(F)c1F. The molecule has 0 amide bonds. The lowest BCUT2D eigenvalue weighted by Gasteiger charge is -2.34. The van der Waals surface area contributed by atoms with E-state index in [9.17, 15) is 39.5 Å². The van der Waals surface area contributed by atoms with E-state index in [2.05, 4.69) is 15.7 Å². The molecule has 0 spiro atoms.